The maximum atomic E-state index is 3.65. The molecule has 128 valence electrons. The standard InChI is InChI=1S/C23H20N2S/c1-15-14-23(15,25-22(24-25)16-8-3-2-4-9-16)19-12-7-11-18-17-10-5-6-13-20(17)26-21(18)19/h2-13,15,22,24H,14H2,1H3. The van der Waals surface area contributed by atoms with Crippen molar-refractivity contribution in [1.82, 2.24) is 10.4 Å². The molecule has 4 unspecified atom stereocenters. The molecule has 4 atom stereocenters. The summed E-state index contributed by atoms with van der Waals surface area (Å²) >= 11 is 1.94. The van der Waals surface area contributed by atoms with E-state index in [2.05, 4.69) is 90.2 Å². The van der Waals surface area contributed by atoms with Gasteiger partial charge in [0, 0.05) is 20.2 Å². The normalized spacial score (nSPS) is 30.0. The predicted octanol–water partition coefficient (Wildman–Crippen LogP) is 5.81. The Morgan fingerprint density at radius 3 is 2.46 bits per heavy atom. The third-order valence-corrected chi connectivity index (χ3v) is 7.36. The fourth-order valence-electron chi connectivity index (χ4n) is 4.64. The Balaban J connectivity index is 1.50. The first kappa shape index (κ1) is 14.9. The van der Waals surface area contributed by atoms with Crippen LogP contribution in [0.4, 0.5) is 0 Å². The van der Waals surface area contributed by atoms with Crippen molar-refractivity contribution in [2.24, 2.45) is 5.92 Å². The van der Waals surface area contributed by atoms with Gasteiger partial charge in [0.2, 0.25) is 0 Å². The van der Waals surface area contributed by atoms with Gasteiger partial charge in [0.25, 0.3) is 0 Å². The molecule has 26 heavy (non-hydrogen) atoms. The quantitative estimate of drug-likeness (QED) is 0.469. The lowest BCUT2D eigenvalue weighted by atomic mass is 9.99. The predicted molar refractivity (Wildman–Crippen MR) is 109 cm³/mol. The summed E-state index contributed by atoms with van der Waals surface area (Å²) in [7, 11) is 0. The number of nitrogens with one attached hydrogen (secondary N) is 1. The van der Waals surface area contributed by atoms with Crippen LogP contribution in [0.25, 0.3) is 20.2 Å². The highest BCUT2D eigenvalue weighted by atomic mass is 32.1. The van der Waals surface area contributed by atoms with E-state index in [9.17, 15) is 0 Å². The van der Waals surface area contributed by atoms with E-state index in [-0.39, 0.29) is 5.54 Å². The molecule has 0 radical (unpaired) electrons. The smallest absolute Gasteiger partial charge is 0.113 e. The summed E-state index contributed by atoms with van der Waals surface area (Å²) < 4.78 is 2.84. The van der Waals surface area contributed by atoms with Gasteiger partial charge in [-0.25, -0.2) is 10.4 Å². The Kier molecular flexibility index (Phi) is 2.96. The van der Waals surface area contributed by atoms with Gasteiger partial charge in [0.15, 0.2) is 0 Å². The van der Waals surface area contributed by atoms with Crippen LogP contribution >= 0.6 is 11.3 Å². The van der Waals surface area contributed by atoms with E-state index in [4.69, 9.17) is 0 Å². The highest BCUT2D eigenvalue weighted by Gasteiger charge is 2.64. The van der Waals surface area contributed by atoms with E-state index >= 15 is 0 Å². The molecular weight excluding hydrogens is 336 g/mol. The maximum absolute atomic E-state index is 3.65. The molecule has 2 fully saturated rings. The summed E-state index contributed by atoms with van der Waals surface area (Å²) in [6.07, 6.45) is 1.56. The summed E-state index contributed by atoms with van der Waals surface area (Å²) in [5.41, 5.74) is 6.63. The zero-order chi connectivity index (χ0) is 17.3. The Labute approximate surface area is 157 Å². The Hall–Kier alpha value is -2.20. The first-order chi connectivity index (χ1) is 12.8. The van der Waals surface area contributed by atoms with E-state index < -0.39 is 0 Å². The molecule has 1 aromatic heterocycles. The lowest BCUT2D eigenvalue weighted by Crippen LogP contribution is -2.23. The highest BCUT2D eigenvalue weighted by Crippen LogP contribution is 2.63. The molecule has 1 aliphatic carbocycles. The summed E-state index contributed by atoms with van der Waals surface area (Å²) in [4.78, 5) is 0. The molecule has 0 spiro atoms. The second-order valence-electron chi connectivity index (χ2n) is 7.62. The van der Waals surface area contributed by atoms with E-state index in [1.165, 1.54) is 37.7 Å². The van der Waals surface area contributed by atoms with Gasteiger partial charge in [0.1, 0.15) is 6.17 Å². The van der Waals surface area contributed by atoms with Crippen LogP contribution in [-0.2, 0) is 5.54 Å². The van der Waals surface area contributed by atoms with Crippen LogP contribution in [0, 0.1) is 5.92 Å². The number of rotatable bonds is 3. The first-order valence-electron chi connectivity index (χ1n) is 9.30. The monoisotopic (exact) mass is 356 g/mol. The molecule has 1 saturated carbocycles. The molecule has 2 aliphatic rings. The third kappa shape index (κ3) is 1.94. The molecule has 4 aromatic rings. The molecule has 1 saturated heterocycles. The Bertz CT molecular complexity index is 1130. The van der Waals surface area contributed by atoms with Crippen LogP contribution in [0.15, 0.2) is 72.8 Å². The summed E-state index contributed by atoms with van der Waals surface area (Å²) in [5.74, 6) is 0.666. The highest BCUT2D eigenvalue weighted by molar-refractivity contribution is 7.26. The van der Waals surface area contributed by atoms with Gasteiger partial charge < -0.3 is 0 Å². The Morgan fingerprint density at radius 1 is 0.923 bits per heavy atom. The third-order valence-electron chi connectivity index (χ3n) is 6.14. The lowest BCUT2D eigenvalue weighted by Gasteiger charge is -2.19. The minimum atomic E-state index is 0.126. The number of thiophene rings is 1. The SMILES string of the molecule is CC1CC1(c1cccc2c1sc1ccccc12)N1NC1c1ccccc1. The van der Waals surface area contributed by atoms with Gasteiger partial charge in [-0.05, 0) is 29.5 Å². The maximum Gasteiger partial charge on any atom is 0.113 e. The molecule has 2 heterocycles. The minimum absolute atomic E-state index is 0.126. The summed E-state index contributed by atoms with van der Waals surface area (Å²) in [6.45, 7) is 2.38. The lowest BCUT2D eigenvalue weighted by molar-refractivity contribution is 0.314. The fourth-order valence-corrected chi connectivity index (χ4v) is 5.94. The average molecular weight is 356 g/mol. The molecule has 6 rings (SSSR count). The number of hydrogen-bond acceptors (Lipinski definition) is 3. The van der Waals surface area contributed by atoms with Crippen LogP contribution in [-0.4, -0.2) is 5.01 Å². The molecule has 1 N–H and O–H groups in total. The minimum Gasteiger partial charge on any atom is -0.230 e. The second kappa shape index (κ2) is 5.17. The van der Waals surface area contributed by atoms with Crippen molar-refractivity contribution in [3.8, 4) is 0 Å². The van der Waals surface area contributed by atoms with Crippen molar-refractivity contribution >= 4 is 31.5 Å². The van der Waals surface area contributed by atoms with E-state index in [0.29, 0.717) is 12.1 Å². The number of fused-ring (bicyclic) bond motifs is 3. The van der Waals surface area contributed by atoms with E-state index in [1.54, 1.807) is 0 Å². The van der Waals surface area contributed by atoms with Gasteiger partial charge in [-0.15, -0.1) is 11.3 Å². The van der Waals surface area contributed by atoms with Crippen molar-refractivity contribution in [2.75, 3.05) is 0 Å². The zero-order valence-corrected chi connectivity index (χ0v) is 15.5. The molecule has 3 heteroatoms. The van der Waals surface area contributed by atoms with Gasteiger partial charge in [-0.1, -0.05) is 73.7 Å². The van der Waals surface area contributed by atoms with Crippen molar-refractivity contribution in [2.45, 2.75) is 25.0 Å². The van der Waals surface area contributed by atoms with Crippen molar-refractivity contribution in [1.29, 1.82) is 0 Å². The summed E-state index contributed by atoms with van der Waals surface area (Å²) in [6, 6.07) is 26.4. The van der Waals surface area contributed by atoms with Crippen molar-refractivity contribution < 1.29 is 0 Å². The molecule has 0 bridgehead atoms. The molecular formula is C23H20N2S. The summed E-state index contributed by atoms with van der Waals surface area (Å²) in [5, 5.41) is 5.28. The van der Waals surface area contributed by atoms with E-state index in [0.717, 1.165) is 0 Å². The van der Waals surface area contributed by atoms with Crippen molar-refractivity contribution in [3.05, 3.63) is 83.9 Å². The molecule has 2 nitrogen and oxygen atoms in total. The van der Waals surface area contributed by atoms with Crippen LogP contribution in [0.3, 0.4) is 0 Å². The van der Waals surface area contributed by atoms with Crippen molar-refractivity contribution in [3.63, 3.8) is 0 Å². The van der Waals surface area contributed by atoms with E-state index in [1.807, 2.05) is 11.3 Å². The zero-order valence-electron chi connectivity index (χ0n) is 14.6. The topological polar surface area (TPSA) is 25.0 Å². The number of hydrogen-bond donors (Lipinski definition) is 1. The largest absolute Gasteiger partial charge is 0.230 e. The van der Waals surface area contributed by atoms with Gasteiger partial charge >= 0.3 is 0 Å². The van der Waals surface area contributed by atoms with Crippen LogP contribution < -0.4 is 5.43 Å². The second-order valence-corrected chi connectivity index (χ2v) is 8.67. The van der Waals surface area contributed by atoms with Gasteiger partial charge in [0.05, 0.1) is 5.54 Å². The number of hydrazine groups is 1. The average Bonchev–Trinajstić information content (AvgIpc) is 3.57. The van der Waals surface area contributed by atoms with Crippen LogP contribution in [0.2, 0.25) is 0 Å². The van der Waals surface area contributed by atoms with Crippen LogP contribution in [0.1, 0.15) is 30.6 Å². The first-order valence-corrected chi connectivity index (χ1v) is 10.1. The Morgan fingerprint density at radius 2 is 1.65 bits per heavy atom. The van der Waals surface area contributed by atoms with Gasteiger partial charge in [-0.3, -0.25) is 0 Å². The molecule has 3 aromatic carbocycles. The number of benzene rings is 3. The number of nitrogens with zero attached hydrogens (tertiary/aromatic N) is 1. The molecule has 1 aliphatic heterocycles. The molecule has 0 amide bonds. The fraction of sp³-hybridized carbons (Fsp3) is 0.217. The van der Waals surface area contributed by atoms with Gasteiger partial charge in [-0.2, -0.15) is 0 Å². The van der Waals surface area contributed by atoms with Crippen LogP contribution in [0.5, 0.6) is 0 Å².